The lowest BCUT2D eigenvalue weighted by Gasteiger charge is -2.13. The van der Waals surface area contributed by atoms with Crippen molar-refractivity contribution in [1.29, 1.82) is 0 Å². The van der Waals surface area contributed by atoms with E-state index in [-0.39, 0.29) is 6.04 Å². The lowest BCUT2D eigenvalue weighted by molar-refractivity contribution is 0.856. The minimum absolute atomic E-state index is 0.239. The molecule has 3 nitrogen and oxygen atoms in total. The molecule has 17 heavy (non-hydrogen) atoms. The van der Waals surface area contributed by atoms with Crippen molar-refractivity contribution in [2.24, 2.45) is 0 Å². The van der Waals surface area contributed by atoms with Gasteiger partial charge in [0.15, 0.2) is 0 Å². The first-order valence-corrected chi connectivity index (χ1v) is 6.50. The third-order valence-electron chi connectivity index (χ3n) is 2.67. The normalized spacial score (nSPS) is 12.5. The summed E-state index contributed by atoms with van der Waals surface area (Å²) in [5.74, 6) is 0.686. The van der Waals surface area contributed by atoms with Crippen LogP contribution in [0, 0.1) is 20.8 Å². The quantitative estimate of drug-likeness (QED) is 0.900. The second-order valence-corrected chi connectivity index (χ2v) is 5.78. The van der Waals surface area contributed by atoms with Gasteiger partial charge in [-0.05, 0) is 44.9 Å². The molecule has 4 heteroatoms. The number of aryl methyl sites for hydroxylation is 3. The maximum atomic E-state index is 4.26. The summed E-state index contributed by atoms with van der Waals surface area (Å²) in [6.45, 7) is 8.41. The Balaban J connectivity index is 2.14. The second kappa shape index (κ2) is 4.84. The standard InChI is InChI=1S/C13H17N3S/c1-8-6-14-13(15-7-8)16-10(3)12-5-9(2)17-11(12)4/h5-7,10H,1-4H3,(H,14,15,16). The van der Waals surface area contributed by atoms with Crippen LogP contribution < -0.4 is 5.32 Å². The van der Waals surface area contributed by atoms with Crippen LogP contribution in [0.3, 0.4) is 0 Å². The molecule has 0 fully saturated rings. The average molecular weight is 247 g/mol. The van der Waals surface area contributed by atoms with Crippen LogP contribution >= 0.6 is 11.3 Å². The minimum atomic E-state index is 0.239. The molecule has 0 radical (unpaired) electrons. The molecule has 0 aliphatic rings. The summed E-state index contributed by atoms with van der Waals surface area (Å²) in [6.07, 6.45) is 3.65. The van der Waals surface area contributed by atoms with E-state index in [0.717, 1.165) is 5.56 Å². The number of nitrogens with zero attached hydrogens (tertiary/aromatic N) is 2. The first-order chi connectivity index (χ1) is 8.06. The molecule has 2 aromatic rings. The van der Waals surface area contributed by atoms with Crippen molar-refractivity contribution in [3.8, 4) is 0 Å². The molecule has 0 bridgehead atoms. The van der Waals surface area contributed by atoms with Gasteiger partial charge in [-0.1, -0.05) is 0 Å². The van der Waals surface area contributed by atoms with Crippen LogP contribution in [0.25, 0.3) is 0 Å². The van der Waals surface area contributed by atoms with Crippen LogP contribution in [0.1, 0.15) is 33.8 Å². The van der Waals surface area contributed by atoms with Crippen LogP contribution in [0.2, 0.25) is 0 Å². The summed E-state index contributed by atoms with van der Waals surface area (Å²) < 4.78 is 0. The van der Waals surface area contributed by atoms with E-state index in [0.29, 0.717) is 5.95 Å². The van der Waals surface area contributed by atoms with Gasteiger partial charge >= 0.3 is 0 Å². The van der Waals surface area contributed by atoms with Crippen LogP contribution in [0.15, 0.2) is 18.5 Å². The Morgan fingerprint density at radius 2 is 1.82 bits per heavy atom. The van der Waals surface area contributed by atoms with E-state index in [1.807, 2.05) is 30.7 Å². The third kappa shape index (κ3) is 2.82. The largest absolute Gasteiger partial charge is 0.348 e. The molecule has 0 saturated carbocycles. The number of thiophene rings is 1. The summed E-state index contributed by atoms with van der Waals surface area (Å²) in [5, 5.41) is 3.32. The van der Waals surface area contributed by atoms with Crippen LogP contribution in [0.4, 0.5) is 5.95 Å². The molecule has 90 valence electrons. The van der Waals surface area contributed by atoms with Gasteiger partial charge < -0.3 is 5.32 Å². The van der Waals surface area contributed by atoms with Crippen molar-refractivity contribution >= 4 is 17.3 Å². The maximum Gasteiger partial charge on any atom is 0.223 e. The molecule has 0 aliphatic carbocycles. The van der Waals surface area contributed by atoms with Crippen molar-refractivity contribution in [3.05, 3.63) is 39.3 Å². The molecule has 0 spiro atoms. The summed E-state index contributed by atoms with van der Waals surface area (Å²) >= 11 is 1.83. The van der Waals surface area contributed by atoms with Gasteiger partial charge in [-0.25, -0.2) is 9.97 Å². The fourth-order valence-electron chi connectivity index (χ4n) is 1.82. The number of rotatable bonds is 3. The van der Waals surface area contributed by atoms with Crippen molar-refractivity contribution in [1.82, 2.24) is 9.97 Å². The molecule has 1 N–H and O–H groups in total. The van der Waals surface area contributed by atoms with E-state index in [9.17, 15) is 0 Å². The first kappa shape index (κ1) is 12.0. The van der Waals surface area contributed by atoms with Crippen LogP contribution in [0.5, 0.6) is 0 Å². The van der Waals surface area contributed by atoms with E-state index in [1.54, 1.807) is 0 Å². The molecule has 1 atom stereocenters. The number of hydrogen-bond donors (Lipinski definition) is 1. The fourth-order valence-corrected chi connectivity index (χ4v) is 2.84. The lowest BCUT2D eigenvalue weighted by atomic mass is 10.1. The Morgan fingerprint density at radius 3 is 2.35 bits per heavy atom. The van der Waals surface area contributed by atoms with E-state index in [2.05, 4.69) is 42.1 Å². The van der Waals surface area contributed by atoms with E-state index < -0.39 is 0 Å². The Bertz CT molecular complexity index is 502. The van der Waals surface area contributed by atoms with E-state index >= 15 is 0 Å². The van der Waals surface area contributed by atoms with Crippen molar-refractivity contribution in [3.63, 3.8) is 0 Å². The van der Waals surface area contributed by atoms with Gasteiger partial charge in [0.1, 0.15) is 0 Å². The predicted octanol–water partition coefficient (Wildman–Crippen LogP) is 3.64. The number of hydrogen-bond acceptors (Lipinski definition) is 4. The van der Waals surface area contributed by atoms with Crippen molar-refractivity contribution in [2.45, 2.75) is 33.7 Å². The predicted molar refractivity (Wildman–Crippen MR) is 72.6 cm³/mol. The van der Waals surface area contributed by atoms with Gasteiger partial charge in [0.2, 0.25) is 5.95 Å². The average Bonchev–Trinajstić information content (AvgIpc) is 2.61. The molecular weight excluding hydrogens is 230 g/mol. The Labute approximate surface area is 106 Å². The summed E-state index contributed by atoms with van der Waals surface area (Å²) in [7, 11) is 0. The molecule has 0 saturated heterocycles. The zero-order chi connectivity index (χ0) is 12.4. The van der Waals surface area contributed by atoms with Gasteiger partial charge in [-0.2, -0.15) is 0 Å². The Kier molecular flexibility index (Phi) is 3.43. The molecule has 0 aliphatic heterocycles. The highest BCUT2D eigenvalue weighted by atomic mass is 32.1. The van der Waals surface area contributed by atoms with Gasteiger partial charge in [-0.3, -0.25) is 0 Å². The molecule has 0 amide bonds. The van der Waals surface area contributed by atoms with E-state index in [1.165, 1.54) is 15.3 Å². The number of aromatic nitrogens is 2. The first-order valence-electron chi connectivity index (χ1n) is 5.68. The Morgan fingerprint density at radius 1 is 1.18 bits per heavy atom. The zero-order valence-corrected chi connectivity index (χ0v) is 11.4. The molecule has 2 rings (SSSR count). The van der Waals surface area contributed by atoms with Gasteiger partial charge in [0, 0.05) is 22.1 Å². The van der Waals surface area contributed by atoms with Gasteiger partial charge in [0.05, 0.1) is 6.04 Å². The Hall–Kier alpha value is -1.42. The fraction of sp³-hybridized carbons (Fsp3) is 0.385. The summed E-state index contributed by atoms with van der Waals surface area (Å²) in [4.78, 5) is 11.2. The molecule has 0 aromatic carbocycles. The van der Waals surface area contributed by atoms with Gasteiger partial charge in [0.25, 0.3) is 0 Å². The smallest absolute Gasteiger partial charge is 0.223 e. The highest BCUT2D eigenvalue weighted by Gasteiger charge is 2.11. The summed E-state index contributed by atoms with van der Waals surface area (Å²) in [5.41, 5.74) is 2.41. The summed E-state index contributed by atoms with van der Waals surface area (Å²) in [6, 6.07) is 2.47. The molecule has 2 heterocycles. The van der Waals surface area contributed by atoms with Crippen molar-refractivity contribution < 1.29 is 0 Å². The highest BCUT2D eigenvalue weighted by Crippen LogP contribution is 2.27. The molecular formula is C13H17N3S. The van der Waals surface area contributed by atoms with Gasteiger partial charge in [-0.15, -0.1) is 11.3 Å². The monoisotopic (exact) mass is 247 g/mol. The maximum absolute atomic E-state index is 4.26. The number of anilines is 1. The van der Waals surface area contributed by atoms with E-state index in [4.69, 9.17) is 0 Å². The second-order valence-electron chi connectivity index (χ2n) is 4.32. The highest BCUT2D eigenvalue weighted by molar-refractivity contribution is 7.12. The van der Waals surface area contributed by atoms with Crippen molar-refractivity contribution in [2.75, 3.05) is 5.32 Å². The SMILES string of the molecule is Cc1cnc(NC(C)c2cc(C)sc2C)nc1. The molecule has 2 aromatic heterocycles. The minimum Gasteiger partial charge on any atom is -0.348 e. The zero-order valence-electron chi connectivity index (χ0n) is 10.6. The molecule has 1 unspecified atom stereocenters. The van der Waals surface area contributed by atoms with Crippen LogP contribution in [-0.2, 0) is 0 Å². The lowest BCUT2D eigenvalue weighted by Crippen LogP contribution is -2.09. The topological polar surface area (TPSA) is 37.8 Å². The van der Waals surface area contributed by atoms with Crippen LogP contribution in [-0.4, -0.2) is 9.97 Å². The number of nitrogens with one attached hydrogen (secondary N) is 1. The third-order valence-corrected chi connectivity index (χ3v) is 3.65.